The van der Waals surface area contributed by atoms with Crippen LogP contribution in [0.3, 0.4) is 0 Å². The summed E-state index contributed by atoms with van der Waals surface area (Å²) in [5, 5.41) is 7.10. The molecule has 122 valence electrons. The smallest absolute Gasteiger partial charge is 0.228 e. The lowest BCUT2D eigenvalue weighted by atomic mass is 9.85. The molecule has 0 unspecified atom stereocenters. The third kappa shape index (κ3) is 3.19. The first-order chi connectivity index (χ1) is 10.7. The van der Waals surface area contributed by atoms with Crippen molar-refractivity contribution in [3.8, 4) is 0 Å². The molecule has 0 bridgehead atoms. The highest BCUT2D eigenvalue weighted by atomic mass is 16.5. The SMILES string of the molecule is CC(C)[C@@H]1OCCC[C@@H]1C(=O)N1CCC(c2ccn[nH]2)CC1. The fraction of sp³-hybridized carbons (Fsp3) is 0.765. The minimum Gasteiger partial charge on any atom is -0.377 e. The van der Waals surface area contributed by atoms with Gasteiger partial charge in [-0.15, -0.1) is 0 Å². The third-order valence-electron chi connectivity index (χ3n) is 5.11. The average Bonchev–Trinajstić information content (AvgIpc) is 3.09. The summed E-state index contributed by atoms with van der Waals surface area (Å²) in [6.45, 7) is 6.81. The van der Waals surface area contributed by atoms with Gasteiger partial charge in [-0.3, -0.25) is 9.89 Å². The van der Waals surface area contributed by atoms with Crippen molar-refractivity contribution in [2.24, 2.45) is 11.8 Å². The predicted octanol–water partition coefficient (Wildman–Crippen LogP) is 2.57. The number of hydrogen-bond acceptors (Lipinski definition) is 3. The Morgan fingerprint density at radius 2 is 2.14 bits per heavy atom. The molecule has 0 spiro atoms. The Hall–Kier alpha value is -1.36. The predicted molar refractivity (Wildman–Crippen MR) is 84.4 cm³/mol. The van der Waals surface area contributed by atoms with E-state index >= 15 is 0 Å². The topological polar surface area (TPSA) is 58.2 Å². The van der Waals surface area contributed by atoms with E-state index in [1.54, 1.807) is 6.20 Å². The molecular formula is C17H27N3O2. The van der Waals surface area contributed by atoms with Crippen LogP contribution in [0.5, 0.6) is 0 Å². The number of hydrogen-bond donors (Lipinski definition) is 1. The maximum absolute atomic E-state index is 12.9. The van der Waals surface area contributed by atoms with Gasteiger partial charge in [0.1, 0.15) is 0 Å². The van der Waals surface area contributed by atoms with Crippen LogP contribution in [-0.4, -0.2) is 46.8 Å². The van der Waals surface area contributed by atoms with Gasteiger partial charge in [0.05, 0.1) is 12.0 Å². The normalized spacial score (nSPS) is 27.3. The van der Waals surface area contributed by atoms with Gasteiger partial charge < -0.3 is 9.64 Å². The van der Waals surface area contributed by atoms with Crippen LogP contribution in [0.4, 0.5) is 0 Å². The number of nitrogens with zero attached hydrogens (tertiary/aromatic N) is 2. The van der Waals surface area contributed by atoms with Crippen LogP contribution in [0.15, 0.2) is 12.3 Å². The standard InChI is InChI=1S/C17H27N3O2/c1-12(2)16-14(4-3-11-22-16)17(21)20-9-6-13(7-10-20)15-5-8-18-19-15/h5,8,12-14,16H,3-4,6-7,9-11H2,1-2H3,(H,18,19)/t14-,16-/m0/s1. The van der Waals surface area contributed by atoms with Gasteiger partial charge in [0.15, 0.2) is 0 Å². The first-order valence-corrected chi connectivity index (χ1v) is 8.56. The summed E-state index contributed by atoms with van der Waals surface area (Å²) in [5.74, 6) is 1.27. The van der Waals surface area contributed by atoms with Crippen LogP contribution in [0.1, 0.15) is 51.1 Å². The Labute approximate surface area is 132 Å². The van der Waals surface area contributed by atoms with E-state index < -0.39 is 0 Å². The molecule has 1 amide bonds. The van der Waals surface area contributed by atoms with Gasteiger partial charge in [-0.1, -0.05) is 13.8 Å². The number of aromatic nitrogens is 2. The highest BCUT2D eigenvalue weighted by Crippen LogP contribution is 2.31. The summed E-state index contributed by atoms with van der Waals surface area (Å²) in [7, 11) is 0. The maximum atomic E-state index is 12.9. The van der Waals surface area contributed by atoms with Gasteiger partial charge >= 0.3 is 0 Å². The summed E-state index contributed by atoms with van der Waals surface area (Å²) >= 11 is 0. The van der Waals surface area contributed by atoms with E-state index in [2.05, 4.69) is 28.9 Å². The van der Waals surface area contributed by atoms with Gasteiger partial charge in [0.2, 0.25) is 5.91 Å². The van der Waals surface area contributed by atoms with E-state index in [0.29, 0.717) is 17.7 Å². The van der Waals surface area contributed by atoms with E-state index in [9.17, 15) is 4.79 Å². The maximum Gasteiger partial charge on any atom is 0.228 e. The Kier molecular flexibility index (Phi) is 4.81. The van der Waals surface area contributed by atoms with Gasteiger partial charge in [0, 0.05) is 37.5 Å². The van der Waals surface area contributed by atoms with E-state index in [-0.39, 0.29) is 12.0 Å². The fourth-order valence-corrected chi connectivity index (χ4v) is 3.86. The summed E-state index contributed by atoms with van der Waals surface area (Å²) in [6, 6.07) is 2.05. The lowest BCUT2D eigenvalue weighted by Gasteiger charge is -2.39. The molecule has 0 radical (unpaired) electrons. The second-order valence-electron chi connectivity index (χ2n) is 6.94. The number of aromatic amines is 1. The van der Waals surface area contributed by atoms with Gasteiger partial charge in [0.25, 0.3) is 0 Å². The zero-order valence-electron chi connectivity index (χ0n) is 13.6. The first kappa shape index (κ1) is 15.5. The quantitative estimate of drug-likeness (QED) is 0.933. The zero-order valence-corrected chi connectivity index (χ0v) is 13.6. The van der Waals surface area contributed by atoms with Crippen LogP contribution in [-0.2, 0) is 9.53 Å². The number of nitrogens with one attached hydrogen (secondary N) is 1. The molecule has 2 atom stereocenters. The van der Waals surface area contributed by atoms with Crippen molar-refractivity contribution in [1.29, 1.82) is 0 Å². The van der Waals surface area contributed by atoms with Crippen molar-refractivity contribution in [2.45, 2.75) is 51.6 Å². The van der Waals surface area contributed by atoms with E-state index in [0.717, 1.165) is 45.4 Å². The summed E-state index contributed by atoms with van der Waals surface area (Å²) in [5.41, 5.74) is 1.20. The highest BCUT2D eigenvalue weighted by molar-refractivity contribution is 5.79. The van der Waals surface area contributed by atoms with Crippen molar-refractivity contribution in [3.05, 3.63) is 18.0 Å². The van der Waals surface area contributed by atoms with E-state index in [4.69, 9.17) is 4.74 Å². The number of piperidine rings is 1. The fourth-order valence-electron chi connectivity index (χ4n) is 3.86. The molecule has 5 heteroatoms. The Morgan fingerprint density at radius 3 is 2.77 bits per heavy atom. The van der Waals surface area contributed by atoms with E-state index in [1.165, 1.54) is 5.69 Å². The zero-order chi connectivity index (χ0) is 15.5. The molecule has 0 saturated carbocycles. The number of carbonyl (C=O) groups excluding carboxylic acids is 1. The average molecular weight is 305 g/mol. The molecule has 2 aliphatic rings. The highest BCUT2D eigenvalue weighted by Gasteiger charge is 2.37. The number of amides is 1. The lowest BCUT2D eigenvalue weighted by molar-refractivity contribution is -0.148. The number of rotatable bonds is 3. The molecule has 1 N–H and O–H groups in total. The van der Waals surface area contributed by atoms with Gasteiger partial charge in [-0.05, 0) is 37.7 Å². The van der Waals surface area contributed by atoms with Gasteiger partial charge in [-0.25, -0.2) is 0 Å². The molecule has 2 saturated heterocycles. The second-order valence-corrected chi connectivity index (χ2v) is 6.94. The van der Waals surface area contributed by atoms with Crippen LogP contribution in [0.2, 0.25) is 0 Å². The molecule has 2 fully saturated rings. The largest absolute Gasteiger partial charge is 0.377 e. The number of carbonyl (C=O) groups is 1. The lowest BCUT2D eigenvalue weighted by Crippen LogP contribution is -2.48. The summed E-state index contributed by atoms with van der Waals surface area (Å²) in [4.78, 5) is 14.9. The van der Waals surface area contributed by atoms with Crippen molar-refractivity contribution < 1.29 is 9.53 Å². The Bertz CT molecular complexity index is 478. The monoisotopic (exact) mass is 305 g/mol. The number of H-pyrrole nitrogens is 1. The molecule has 2 aliphatic heterocycles. The van der Waals surface area contributed by atoms with Crippen LogP contribution in [0, 0.1) is 11.8 Å². The van der Waals surface area contributed by atoms with Crippen molar-refractivity contribution in [3.63, 3.8) is 0 Å². The van der Waals surface area contributed by atoms with Crippen molar-refractivity contribution in [2.75, 3.05) is 19.7 Å². The number of likely N-dealkylation sites (tertiary alicyclic amines) is 1. The minimum absolute atomic E-state index is 0.0532. The molecular weight excluding hydrogens is 278 g/mol. The molecule has 3 heterocycles. The Balaban J connectivity index is 1.59. The molecule has 5 nitrogen and oxygen atoms in total. The Morgan fingerprint density at radius 1 is 1.36 bits per heavy atom. The summed E-state index contributed by atoms with van der Waals surface area (Å²) in [6.07, 6.45) is 5.92. The van der Waals surface area contributed by atoms with Crippen molar-refractivity contribution in [1.82, 2.24) is 15.1 Å². The van der Waals surface area contributed by atoms with E-state index in [1.807, 2.05) is 6.07 Å². The van der Waals surface area contributed by atoms with Crippen LogP contribution < -0.4 is 0 Å². The third-order valence-corrected chi connectivity index (χ3v) is 5.11. The van der Waals surface area contributed by atoms with Crippen LogP contribution in [0.25, 0.3) is 0 Å². The number of ether oxygens (including phenoxy) is 1. The molecule has 3 rings (SSSR count). The molecule has 1 aromatic rings. The molecule has 1 aromatic heterocycles. The van der Waals surface area contributed by atoms with Gasteiger partial charge in [-0.2, -0.15) is 5.10 Å². The molecule has 0 aliphatic carbocycles. The molecule has 22 heavy (non-hydrogen) atoms. The molecule has 0 aromatic carbocycles. The minimum atomic E-state index is 0.0532. The van der Waals surface area contributed by atoms with Crippen LogP contribution >= 0.6 is 0 Å². The first-order valence-electron chi connectivity index (χ1n) is 8.56. The van der Waals surface area contributed by atoms with Crippen molar-refractivity contribution >= 4 is 5.91 Å². The second kappa shape index (κ2) is 6.82. The summed E-state index contributed by atoms with van der Waals surface area (Å²) < 4.78 is 5.88.